The summed E-state index contributed by atoms with van der Waals surface area (Å²) in [7, 11) is 0. The van der Waals surface area contributed by atoms with Crippen molar-refractivity contribution in [3.05, 3.63) is 59.9 Å². The fourth-order valence-corrected chi connectivity index (χ4v) is 1.88. The van der Waals surface area contributed by atoms with Crippen molar-refractivity contribution in [1.29, 1.82) is 0 Å². The van der Waals surface area contributed by atoms with E-state index in [-0.39, 0.29) is 6.04 Å². The number of benzene rings is 1. The van der Waals surface area contributed by atoms with Gasteiger partial charge in [-0.05, 0) is 41.8 Å². The van der Waals surface area contributed by atoms with Gasteiger partial charge in [0.1, 0.15) is 5.75 Å². The van der Waals surface area contributed by atoms with Gasteiger partial charge >= 0.3 is 0 Å². The summed E-state index contributed by atoms with van der Waals surface area (Å²) in [5.74, 6) is 0.890. The second-order valence-electron chi connectivity index (χ2n) is 4.54. The van der Waals surface area contributed by atoms with Gasteiger partial charge in [-0.15, -0.1) is 0 Å². The highest BCUT2D eigenvalue weighted by Crippen LogP contribution is 2.18. The van der Waals surface area contributed by atoms with Gasteiger partial charge in [0.2, 0.25) is 0 Å². The third kappa shape index (κ3) is 4.07. The third-order valence-corrected chi connectivity index (χ3v) is 3.16. The number of pyridine rings is 1. The largest absolute Gasteiger partial charge is 0.493 e. The molecule has 1 aromatic carbocycles. The summed E-state index contributed by atoms with van der Waals surface area (Å²) in [6.07, 6.45) is 5.44. The molecule has 0 unspecified atom stereocenters. The van der Waals surface area contributed by atoms with Gasteiger partial charge in [0.25, 0.3) is 0 Å². The molecule has 1 aromatic heterocycles. The first-order valence-electron chi connectivity index (χ1n) is 6.67. The van der Waals surface area contributed by atoms with Crippen LogP contribution in [-0.4, -0.2) is 11.6 Å². The van der Waals surface area contributed by atoms with E-state index in [1.54, 1.807) is 12.4 Å². The van der Waals surface area contributed by atoms with Crippen LogP contribution < -0.4 is 10.5 Å². The van der Waals surface area contributed by atoms with Crippen LogP contribution in [-0.2, 0) is 6.42 Å². The minimum atomic E-state index is 0.117. The number of nitrogens with two attached hydrogens (primary N) is 1. The maximum absolute atomic E-state index is 5.97. The van der Waals surface area contributed by atoms with Crippen molar-refractivity contribution in [2.24, 2.45) is 5.73 Å². The molecule has 0 aliphatic carbocycles. The molecular weight excluding hydrogens is 236 g/mol. The lowest BCUT2D eigenvalue weighted by Crippen LogP contribution is -2.08. The van der Waals surface area contributed by atoms with Gasteiger partial charge in [-0.25, -0.2) is 0 Å². The van der Waals surface area contributed by atoms with E-state index in [0.29, 0.717) is 6.61 Å². The molecule has 3 heteroatoms. The highest BCUT2D eigenvalue weighted by Gasteiger charge is 2.03. The Balaban J connectivity index is 1.83. The first-order chi connectivity index (χ1) is 9.29. The molecule has 0 aliphatic rings. The predicted octanol–water partition coefficient (Wildman–Crippen LogP) is 3.11. The summed E-state index contributed by atoms with van der Waals surface area (Å²) in [5.41, 5.74) is 8.37. The van der Waals surface area contributed by atoms with Gasteiger partial charge < -0.3 is 10.5 Å². The number of aromatic nitrogens is 1. The van der Waals surface area contributed by atoms with E-state index >= 15 is 0 Å². The zero-order valence-electron chi connectivity index (χ0n) is 11.3. The lowest BCUT2D eigenvalue weighted by molar-refractivity contribution is 0.322. The zero-order chi connectivity index (χ0) is 13.5. The average molecular weight is 256 g/mol. The summed E-state index contributed by atoms with van der Waals surface area (Å²) in [6, 6.07) is 12.2. The Morgan fingerprint density at radius 3 is 2.42 bits per heavy atom. The number of hydrogen-bond donors (Lipinski definition) is 1. The minimum absolute atomic E-state index is 0.117. The normalized spacial score (nSPS) is 12.1. The lowest BCUT2D eigenvalue weighted by Gasteiger charge is -2.10. The molecule has 3 nitrogen and oxygen atoms in total. The van der Waals surface area contributed by atoms with Crippen LogP contribution in [0.15, 0.2) is 48.8 Å². The molecule has 0 amide bonds. The maximum Gasteiger partial charge on any atom is 0.119 e. The van der Waals surface area contributed by atoms with Crippen molar-refractivity contribution >= 4 is 0 Å². The van der Waals surface area contributed by atoms with Crippen LogP contribution in [0.25, 0.3) is 0 Å². The van der Waals surface area contributed by atoms with E-state index in [0.717, 1.165) is 24.2 Å². The van der Waals surface area contributed by atoms with Gasteiger partial charge in [-0.2, -0.15) is 0 Å². The van der Waals surface area contributed by atoms with Crippen LogP contribution in [0.1, 0.15) is 30.5 Å². The number of ether oxygens (including phenoxy) is 1. The molecule has 0 radical (unpaired) electrons. The van der Waals surface area contributed by atoms with Crippen LogP contribution >= 0.6 is 0 Å². The molecule has 2 rings (SSSR count). The number of rotatable bonds is 6. The van der Waals surface area contributed by atoms with Crippen molar-refractivity contribution in [2.75, 3.05) is 6.61 Å². The van der Waals surface area contributed by atoms with Crippen molar-refractivity contribution in [3.8, 4) is 5.75 Å². The molecule has 100 valence electrons. The second kappa shape index (κ2) is 6.90. The Morgan fingerprint density at radius 2 is 1.79 bits per heavy atom. The number of hydrogen-bond acceptors (Lipinski definition) is 3. The topological polar surface area (TPSA) is 48.1 Å². The van der Waals surface area contributed by atoms with Crippen molar-refractivity contribution < 1.29 is 4.74 Å². The van der Waals surface area contributed by atoms with Gasteiger partial charge in [-0.1, -0.05) is 19.1 Å². The Labute approximate surface area is 114 Å². The van der Waals surface area contributed by atoms with Crippen molar-refractivity contribution in [2.45, 2.75) is 25.8 Å². The highest BCUT2D eigenvalue weighted by molar-refractivity contribution is 5.29. The lowest BCUT2D eigenvalue weighted by atomic mass is 10.1. The molecular formula is C16H20N2O. The Kier molecular flexibility index (Phi) is 4.93. The third-order valence-electron chi connectivity index (χ3n) is 3.16. The number of nitrogens with zero attached hydrogens (tertiary/aromatic N) is 1. The minimum Gasteiger partial charge on any atom is -0.493 e. The monoisotopic (exact) mass is 256 g/mol. The van der Waals surface area contributed by atoms with Crippen LogP contribution in [0.2, 0.25) is 0 Å². The van der Waals surface area contributed by atoms with Gasteiger partial charge in [0, 0.05) is 24.9 Å². The molecule has 19 heavy (non-hydrogen) atoms. The standard InChI is InChI=1S/C16H20N2O/c1-2-16(17)14-3-5-15(6-4-14)19-12-9-13-7-10-18-11-8-13/h3-8,10-11,16H,2,9,12,17H2,1H3/t16-/m1/s1. The summed E-state index contributed by atoms with van der Waals surface area (Å²) >= 11 is 0. The van der Waals surface area contributed by atoms with E-state index in [9.17, 15) is 0 Å². The molecule has 0 spiro atoms. The van der Waals surface area contributed by atoms with Crippen LogP contribution in [0.5, 0.6) is 5.75 Å². The molecule has 1 atom stereocenters. The van der Waals surface area contributed by atoms with Gasteiger partial charge in [-0.3, -0.25) is 4.98 Å². The van der Waals surface area contributed by atoms with Crippen molar-refractivity contribution in [3.63, 3.8) is 0 Å². The summed E-state index contributed by atoms with van der Waals surface area (Å²) in [5, 5.41) is 0. The molecule has 2 N–H and O–H groups in total. The van der Waals surface area contributed by atoms with Crippen molar-refractivity contribution in [1.82, 2.24) is 4.98 Å². The van der Waals surface area contributed by atoms with Crippen LogP contribution in [0.3, 0.4) is 0 Å². The van der Waals surface area contributed by atoms with Crippen LogP contribution in [0.4, 0.5) is 0 Å². The molecule has 0 aliphatic heterocycles. The Bertz CT molecular complexity index is 482. The van der Waals surface area contributed by atoms with Gasteiger partial charge in [0.15, 0.2) is 0 Å². The fourth-order valence-electron chi connectivity index (χ4n) is 1.88. The second-order valence-corrected chi connectivity index (χ2v) is 4.54. The molecule has 0 fully saturated rings. The first kappa shape index (κ1) is 13.6. The maximum atomic E-state index is 5.97. The molecule has 0 saturated carbocycles. The van der Waals surface area contributed by atoms with E-state index in [1.807, 2.05) is 36.4 Å². The summed E-state index contributed by atoms with van der Waals surface area (Å²) in [6.45, 7) is 2.76. The molecule has 0 bridgehead atoms. The molecule has 2 aromatic rings. The molecule has 0 saturated heterocycles. The van der Waals surface area contributed by atoms with Gasteiger partial charge in [0.05, 0.1) is 6.61 Å². The summed E-state index contributed by atoms with van der Waals surface area (Å²) < 4.78 is 5.72. The SMILES string of the molecule is CC[C@@H](N)c1ccc(OCCc2ccncc2)cc1. The van der Waals surface area contributed by atoms with E-state index in [1.165, 1.54) is 5.56 Å². The van der Waals surface area contributed by atoms with E-state index < -0.39 is 0 Å². The Hall–Kier alpha value is -1.87. The predicted molar refractivity (Wildman–Crippen MR) is 77.1 cm³/mol. The fraction of sp³-hybridized carbons (Fsp3) is 0.312. The highest BCUT2D eigenvalue weighted by atomic mass is 16.5. The average Bonchev–Trinajstić information content (AvgIpc) is 2.48. The summed E-state index contributed by atoms with van der Waals surface area (Å²) in [4.78, 5) is 3.99. The quantitative estimate of drug-likeness (QED) is 0.864. The molecule has 1 heterocycles. The first-order valence-corrected chi connectivity index (χ1v) is 6.67. The van der Waals surface area contributed by atoms with E-state index in [4.69, 9.17) is 10.5 Å². The smallest absolute Gasteiger partial charge is 0.119 e. The Morgan fingerprint density at radius 1 is 1.11 bits per heavy atom. The zero-order valence-corrected chi connectivity index (χ0v) is 11.3. The van der Waals surface area contributed by atoms with Crippen LogP contribution in [0, 0.1) is 0 Å². The van der Waals surface area contributed by atoms with E-state index in [2.05, 4.69) is 11.9 Å².